The average molecular weight is 394 g/mol. The molecule has 3 rings (SSSR count). The Morgan fingerprint density at radius 2 is 1.83 bits per heavy atom. The molecule has 0 unspecified atom stereocenters. The molecular formula is C23H26N2O4. The number of carbonyl (C=O) groups excluding carboxylic acids is 1. The predicted octanol–water partition coefficient (Wildman–Crippen LogP) is 3.76. The van der Waals surface area contributed by atoms with E-state index in [-0.39, 0.29) is 12.5 Å². The largest absolute Gasteiger partial charge is 0.493 e. The summed E-state index contributed by atoms with van der Waals surface area (Å²) in [5, 5.41) is 6.06. The van der Waals surface area contributed by atoms with Crippen LogP contribution in [0.15, 0.2) is 65.1 Å². The minimum absolute atomic E-state index is 0.0377. The van der Waals surface area contributed by atoms with Crippen LogP contribution < -0.4 is 20.1 Å². The minimum atomic E-state index is -0.159. The van der Waals surface area contributed by atoms with Gasteiger partial charge in [0.25, 0.3) is 5.91 Å². The van der Waals surface area contributed by atoms with Gasteiger partial charge in [0.1, 0.15) is 11.5 Å². The fourth-order valence-electron chi connectivity index (χ4n) is 2.89. The lowest BCUT2D eigenvalue weighted by Crippen LogP contribution is -2.28. The van der Waals surface area contributed by atoms with E-state index in [0.29, 0.717) is 31.1 Å². The Labute approximate surface area is 170 Å². The summed E-state index contributed by atoms with van der Waals surface area (Å²) < 4.78 is 16.8. The molecule has 0 fully saturated rings. The molecular weight excluding hydrogens is 368 g/mol. The molecule has 152 valence electrons. The van der Waals surface area contributed by atoms with E-state index in [1.54, 1.807) is 7.11 Å². The third-order valence-electron chi connectivity index (χ3n) is 4.31. The average Bonchev–Trinajstić information content (AvgIpc) is 3.22. The van der Waals surface area contributed by atoms with Crippen molar-refractivity contribution in [1.82, 2.24) is 10.6 Å². The van der Waals surface area contributed by atoms with Crippen molar-refractivity contribution in [1.29, 1.82) is 0 Å². The van der Waals surface area contributed by atoms with Gasteiger partial charge in [0, 0.05) is 18.7 Å². The molecule has 0 bridgehead atoms. The van der Waals surface area contributed by atoms with Crippen LogP contribution in [0.1, 0.15) is 18.2 Å². The normalized spacial score (nSPS) is 10.6. The Hall–Kier alpha value is -3.25. The summed E-state index contributed by atoms with van der Waals surface area (Å²) in [6.07, 6.45) is 0. The zero-order valence-electron chi connectivity index (χ0n) is 16.7. The number of hydrogen-bond donors (Lipinski definition) is 2. The third-order valence-corrected chi connectivity index (χ3v) is 4.31. The summed E-state index contributed by atoms with van der Waals surface area (Å²) in [5.41, 5.74) is 2.11. The van der Waals surface area contributed by atoms with E-state index < -0.39 is 0 Å². The van der Waals surface area contributed by atoms with E-state index in [1.807, 2.05) is 67.6 Å². The van der Waals surface area contributed by atoms with Crippen LogP contribution >= 0.6 is 0 Å². The molecule has 0 aliphatic carbocycles. The van der Waals surface area contributed by atoms with Gasteiger partial charge in [-0.2, -0.15) is 0 Å². The van der Waals surface area contributed by atoms with Gasteiger partial charge < -0.3 is 24.5 Å². The molecule has 1 heterocycles. The number of nitrogens with one attached hydrogen (secondary N) is 2. The summed E-state index contributed by atoms with van der Waals surface area (Å²) in [6, 6.07) is 19.6. The highest BCUT2D eigenvalue weighted by molar-refractivity contribution is 5.77. The van der Waals surface area contributed by atoms with Crippen molar-refractivity contribution in [3.63, 3.8) is 0 Å². The van der Waals surface area contributed by atoms with Crippen LogP contribution in [0.2, 0.25) is 0 Å². The van der Waals surface area contributed by atoms with Gasteiger partial charge in [-0.05, 0) is 36.8 Å². The van der Waals surface area contributed by atoms with Crippen LogP contribution in [0.3, 0.4) is 0 Å². The fourth-order valence-corrected chi connectivity index (χ4v) is 2.89. The lowest BCUT2D eigenvalue weighted by Gasteiger charge is -2.12. The highest BCUT2D eigenvalue weighted by Gasteiger charge is 2.09. The van der Waals surface area contributed by atoms with Gasteiger partial charge in [-0.1, -0.05) is 36.4 Å². The zero-order chi connectivity index (χ0) is 20.5. The van der Waals surface area contributed by atoms with Crippen LogP contribution in [0, 0.1) is 0 Å². The Kier molecular flexibility index (Phi) is 7.30. The topological polar surface area (TPSA) is 72.7 Å². The molecule has 0 aliphatic rings. The van der Waals surface area contributed by atoms with Crippen molar-refractivity contribution in [2.75, 3.05) is 20.3 Å². The van der Waals surface area contributed by atoms with Crippen molar-refractivity contribution in [2.24, 2.45) is 0 Å². The van der Waals surface area contributed by atoms with Crippen molar-refractivity contribution in [2.45, 2.75) is 20.0 Å². The molecule has 0 saturated heterocycles. The molecule has 6 heteroatoms. The van der Waals surface area contributed by atoms with E-state index in [1.165, 1.54) is 0 Å². The third kappa shape index (κ3) is 5.86. The predicted molar refractivity (Wildman–Crippen MR) is 112 cm³/mol. The first-order valence-electron chi connectivity index (χ1n) is 9.61. The van der Waals surface area contributed by atoms with Gasteiger partial charge in [-0.3, -0.25) is 4.79 Å². The van der Waals surface area contributed by atoms with Crippen LogP contribution in [0.25, 0.3) is 11.3 Å². The van der Waals surface area contributed by atoms with E-state index in [0.717, 1.165) is 22.6 Å². The van der Waals surface area contributed by atoms with Crippen molar-refractivity contribution in [3.8, 4) is 22.8 Å². The SMILES string of the molecule is CCNC(=O)COc1ccc(CNCc2ccc(-c3ccccc3)o2)cc1OC. The molecule has 3 aromatic rings. The first-order valence-corrected chi connectivity index (χ1v) is 9.61. The monoisotopic (exact) mass is 394 g/mol. The fraction of sp³-hybridized carbons (Fsp3) is 0.261. The maximum absolute atomic E-state index is 11.6. The molecule has 29 heavy (non-hydrogen) atoms. The van der Waals surface area contributed by atoms with Gasteiger partial charge in [0.15, 0.2) is 18.1 Å². The van der Waals surface area contributed by atoms with Crippen LogP contribution in [-0.2, 0) is 17.9 Å². The number of hydrogen-bond acceptors (Lipinski definition) is 5. The summed E-state index contributed by atoms with van der Waals surface area (Å²) in [4.78, 5) is 11.6. The van der Waals surface area contributed by atoms with E-state index in [4.69, 9.17) is 13.9 Å². The zero-order valence-corrected chi connectivity index (χ0v) is 16.7. The number of benzene rings is 2. The quantitative estimate of drug-likeness (QED) is 0.548. The van der Waals surface area contributed by atoms with E-state index in [9.17, 15) is 4.79 Å². The molecule has 0 aliphatic heterocycles. The van der Waals surface area contributed by atoms with Crippen molar-refractivity contribution in [3.05, 3.63) is 72.0 Å². The van der Waals surface area contributed by atoms with Gasteiger partial charge in [-0.15, -0.1) is 0 Å². The maximum Gasteiger partial charge on any atom is 0.257 e. The van der Waals surface area contributed by atoms with Crippen molar-refractivity contribution >= 4 is 5.91 Å². The summed E-state index contributed by atoms with van der Waals surface area (Å²) >= 11 is 0. The van der Waals surface area contributed by atoms with Crippen LogP contribution in [0.4, 0.5) is 0 Å². The summed E-state index contributed by atoms with van der Waals surface area (Å²) in [6.45, 7) is 3.67. The Morgan fingerprint density at radius 1 is 1.00 bits per heavy atom. The summed E-state index contributed by atoms with van der Waals surface area (Å²) in [7, 11) is 1.58. The Morgan fingerprint density at radius 3 is 2.59 bits per heavy atom. The Bertz CT molecular complexity index is 922. The second-order valence-electron chi connectivity index (χ2n) is 6.46. The molecule has 6 nitrogen and oxygen atoms in total. The molecule has 0 spiro atoms. The van der Waals surface area contributed by atoms with Gasteiger partial charge in [-0.25, -0.2) is 0 Å². The van der Waals surface area contributed by atoms with E-state index >= 15 is 0 Å². The molecule has 0 atom stereocenters. The number of ether oxygens (including phenoxy) is 2. The standard InChI is InChI=1S/C23H26N2O4/c1-3-25-23(26)16-28-21-11-9-17(13-22(21)27-2)14-24-15-19-10-12-20(29-19)18-7-5-4-6-8-18/h4-13,24H,3,14-16H2,1-2H3,(H,25,26). The molecule has 2 N–H and O–H groups in total. The molecule has 1 aromatic heterocycles. The molecule has 0 saturated carbocycles. The van der Waals surface area contributed by atoms with Crippen molar-refractivity contribution < 1.29 is 18.7 Å². The highest BCUT2D eigenvalue weighted by Crippen LogP contribution is 2.28. The molecule has 2 aromatic carbocycles. The smallest absolute Gasteiger partial charge is 0.257 e. The Balaban J connectivity index is 1.53. The highest BCUT2D eigenvalue weighted by atomic mass is 16.5. The van der Waals surface area contributed by atoms with E-state index in [2.05, 4.69) is 10.6 Å². The van der Waals surface area contributed by atoms with Gasteiger partial charge in [0.05, 0.1) is 13.7 Å². The second-order valence-corrected chi connectivity index (χ2v) is 6.46. The van der Waals surface area contributed by atoms with Gasteiger partial charge in [0.2, 0.25) is 0 Å². The number of methoxy groups -OCH3 is 1. The van der Waals surface area contributed by atoms with Gasteiger partial charge >= 0.3 is 0 Å². The van der Waals surface area contributed by atoms with Crippen LogP contribution in [0.5, 0.6) is 11.5 Å². The molecule has 1 amide bonds. The number of carbonyl (C=O) groups is 1. The van der Waals surface area contributed by atoms with Crippen LogP contribution in [-0.4, -0.2) is 26.2 Å². The number of likely N-dealkylation sites (N-methyl/N-ethyl adjacent to an activating group) is 1. The lowest BCUT2D eigenvalue weighted by atomic mass is 10.2. The first-order chi connectivity index (χ1) is 14.2. The number of amides is 1. The number of furan rings is 1. The minimum Gasteiger partial charge on any atom is -0.493 e. The number of rotatable bonds is 10. The summed E-state index contributed by atoms with van der Waals surface area (Å²) in [5.74, 6) is 2.71. The first kappa shape index (κ1) is 20.5. The second kappa shape index (κ2) is 10.3. The maximum atomic E-state index is 11.6. The lowest BCUT2D eigenvalue weighted by molar-refractivity contribution is -0.123. The molecule has 0 radical (unpaired) electrons.